The molecule has 0 atom stereocenters. The van der Waals surface area contributed by atoms with E-state index in [1.54, 1.807) is 0 Å². The minimum absolute atomic E-state index is 0.162. The van der Waals surface area contributed by atoms with Crippen molar-refractivity contribution in [1.29, 1.82) is 0 Å². The van der Waals surface area contributed by atoms with Gasteiger partial charge in [-0.25, -0.2) is 9.67 Å². The van der Waals surface area contributed by atoms with Crippen LogP contribution in [0.5, 0.6) is 0 Å². The maximum Gasteiger partial charge on any atom is 0.277 e. The predicted octanol–water partition coefficient (Wildman–Crippen LogP) is 4.28. The molecule has 0 saturated heterocycles. The van der Waals surface area contributed by atoms with Crippen molar-refractivity contribution < 1.29 is 4.79 Å². The van der Waals surface area contributed by atoms with Crippen LogP contribution in [0.25, 0.3) is 11.3 Å². The normalized spacial score (nSPS) is 10.7. The number of rotatable bonds is 5. The van der Waals surface area contributed by atoms with E-state index in [1.165, 1.54) is 33.7 Å². The van der Waals surface area contributed by atoms with Crippen LogP contribution in [-0.4, -0.2) is 20.7 Å². The number of carbonyl (C=O) groups is 1. The number of nitrogens with zero attached hydrogens (tertiary/aromatic N) is 3. The first-order valence-electron chi connectivity index (χ1n) is 9.47. The molecule has 0 aliphatic carbocycles. The Labute approximate surface area is 177 Å². The van der Waals surface area contributed by atoms with Crippen LogP contribution in [0.1, 0.15) is 26.5 Å². The summed E-state index contributed by atoms with van der Waals surface area (Å²) >= 11 is 1.41. The number of hydrogen-bond acceptors (Lipinski definition) is 5. The summed E-state index contributed by atoms with van der Waals surface area (Å²) in [6.07, 6.45) is 0. The molecule has 0 saturated carbocycles. The van der Waals surface area contributed by atoms with Gasteiger partial charge in [-0.2, -0.15) is 5.10 Å². The van der Waals surface area contributed by atoms with E-state index < -0.39 is 5.91 Å². The molecule has 0 radical (unpaired) electrons. The highest BCUT2D eigenvalue weighted by molar-refractivity contribution is 7.16. The molecule has 0 fully saturated rings. The molecule has 0 aliphatic rings. The maximum atomic E-state index is 12.7. The number of thiazole rings is 1. The van der Waals surface area contributed by atoms with Gasteiger partial charge >= 0.3 is 0 Å². The van der Waals surface area contributed by atoms with E-state index in [-0.39, 0.29) is 11.3 Å². The highest BCUT2D eigenvalue weighted by Gasteiger charge is 2.15. The lowest BCUT2D eigenvalue weighted by atomic mass is 10.1. The Morgan fingerprint density at radius 1 is 1.00 bits per heavy atom. The molecule has 0 unspecified atom stereocenters. The Bertz CT molecular complexity index is 1240. The lowest BCUT2D eigenvalue weighted by molar-refractivity contribution is 0.102. The van der Waals surface area contributed by atoms with Gasteiger partial charge in [-0.1, -0.05) is 60.2 Å². The Morgan fingerprint density at radius 3 is 2.47 bits per heavy atom. The molecule has 30 heavy (non-hydrogen) atoms. The molecule has 2 aromatic heterocycles. The van der Waals surface area contributed by atoms with Crippen LogP contribution in [0.15, 0.2) is 71.5 Å². The second kappa shape index (κ2) is 8.42. The van der Waals surface area contributed by atoms with Gasteiger partial charge in [0.05, 0.1) is 12.2 Å². The smallest absolute Gasteiger partial charge is 0.277 e. The summed E-state index contributed by atoms with van der Waals surface area (Å²) in [6, 6.07) is 20.4. The lowest BCUT2D eigenvalue weighted by Gasteiger charge is -2.07. The highest BCUT2D eigenvalue weighted by Crippen LogP contribution is 2.30. The van der Waals surface area contributed by atoms with Gasteiger partial charge < -0.3 is 0 Å². The van der Waals surface area contributed by atoms with Crippen molar-refractivity contribution in [2.75, 3.05) is 5.32 Å². The van der Waals surface area contributed by atoms with Gasteiger partial charge in [-0.05, 0) is 25.5 Å². The largest absolute Gasteiger partial charge is 0.296 e. The molecule has 2 aromatic carbocycles. The fourth-order valence-corrected chi connectivity index (χ4v) is 3.86. The zero-order chi connectivity index (χ0) is 21.1. The first-order valence-corrected chi connectivity index (χ1v) is 10.3. The van der Waals surface area contributed by atoms with Crippen molar-refractivity contribution in [2.45, 2.75) is 20.4 Å². The van der Waals surface area contributed by atoms with Crippen molar-refractivity contribution in [3.8, 4) is 11.3 Å². The Kier molecular flexibility index (Phi) is 5.54. The standard InChI is InChI=1S/C23H20N4O2S/c1-15-8-10-18(11-9-15)21-16(2)30-23(24-21)25-22(29)19-12-13-20(28)27(26-19)14-17-6-4-3-5-7-17/h3-13H,14H2,1-2H3,(H,24,25,29). The second-order valence-corrected chi connectivity index (χ2v) is 8.15. The average Bonchev–Trinajstić information content (AvgIpc) is 3.11. The molecular weight excluding hydrogens is 396 g/mol. The predicted molar refractivity (Wildman–Crippen MR) is 119 cm³/mol. The number of carbonyl (C=O) groups excluding carboxylic acids is 1. The zero-order valence-corrected chi connectivity index (χ0v) is 17.4. The monoisotopic (exact) mass is 416 g/mol. The van der Waals surface area contributed by atoms with Crippen molar-refractivity contribution >= 4 is 22.4 Å². The topological polar surface area (TPSA) is 76.9 Å². The molecule has 4 aromatic rings. The molecule has 1 amide bonds. The molecule has 7 heteroatoms. The summed E-state index contributed by atoms with van der Waals surface area (Å²) < 4.78 is 1.29. The summed E-state index contributed by atoms with van der Waals surface area (Å²) in [5.41, 5.74) is 3.86. The van der Waals surface area contributed by atoms with Crippen molar-refractivity contribution in [3.63, 3.8) is 0 Å². The Balaban J connectivity index is 1.54. The fourth-order valence-electron chi connectivity index (χ4n) is 3.03. The molecule has 0 spiro atoms. The summed E-state index contributed by atoms with van der Waals surface area (Å²) in [7, 11) is 0. The van der Waals surface area contributed by atoms with E-state index in [9.17, 15) is 9.59 Å². The summed E-state index contributed by atoms with van der Waals surface area (Å²) in [5, 5.41) is 7.53. The van der Waals surface area contributed by atoms with Crippen LogP contribution < -0.4 is 10.9 Å². The van der Waals surface area contributed by atoms with E-state index in [0.717, 1.165) is 21.7 Å². The van der Waals surface area contributed by atoms with Crippen LogP contribution in [0, 0.1) is 13.8 Å². The van der Waals surface area contributed by atoms with E-state index in [2.05, 4.69) is 15.4 Å². The van der Waals surface area contributed by atoms with Gasteiger partial charge in [-0.15, -0.1) is 11.3 Å². The zero-order valence-electron chi connectivity index (χ0n) is 16.6. The van der Waals surface area contributed by atoms with E-state index in [0.29, 0.717) is 11.7 Å². The molecule has 1 N–H and O–H groups in total. The number of amides is 1. The number of aryl methyl sites for hydroxylation is 2. The average molecular weight is 417 g/mol. The first-order chi connectivity index (χ1) is 14.5. The van der Waals surface area contributed by atoms with Crippen molar-refractivity contribution in [2.24, 2.45) is 0 Å². The second-order valence-electron chi connectivity index (χ2n) is 6.94. The van der Waals surface area contributed by atoms with Gasteiger partial charge in [0, 0.05) is 16.5 Å². The molecule has 0 aliphatic heterocycles. The van der Waals surface area contributed by atoms with Gasteiger partial charge in [0.25, 0.3) is 11.5 Å². The fraction of sp³-hybridized carbons (Fsp3) is 0.130. The van der Waals surface area contributed by atoms with Crippen molar-refractivity contribution in [1.82, 2.24) is 14.8 Å². The van der Waals surface area contributed by atoms with E-state index >= 15 is 0 Å². The molecule has 4 rings (SSSR count). The Hall–Kier alpha value is -3.58. The minimum atomic E-state index is -0.402. The number of hydrogen-bond donors (Lipinski definition) is 1. The Morgan fingerprint density at radius 2 is 1.73 bits per heavy atom. The molecule has 6 nitrogen and oxygen atoms in total. The van der Waals surface area contributed by atoms with Gasteiger partial charge in [-0.3, -0.25) is 14.9 Å². The van der Waals surface area contributed by atoms with Crippen LogP contribution in [0.4, 0.5) is 5.13 Å². The van der Waals surface area contributed by atoms with E-state index in [4.69, 9.17) is 0 Å². The molecule has 2 heterocycles. The minimum Gasteiger partial charge on any atom is -0.296 e. The number of anilines is 1. The van der Waals surface area contributed by atoms with Gasteiger partial charge in [0.2, 0.25) is 0 Å². The van der Waals surface area contributed by atoms with Crippen LogP contribution in [0.3, 0.4) is 0 Å². The quantitative estimate of drug-likeness (QED) is 0.527. The SMILES string of the molecule is Cc1ccc(-c2nc(NC(=O)c3ccc(=O)n(Cc4ccccc4)n3)sc2C)cc1. The lowest BCUT2D eigenvalue weighted by Crippen LogP contribution is -2.26. The summed E-state index contributed by atoms with van der Waals surface area (Å²) in [6.45, 7) is 4.31. The van der Waals surface area contributed by atoms with Crippen LogP contribution >= 0.6 is 11.3 Å². The third-order valence-corrected chi connectivity index (χ3v) is 5.50. The van der Waals surface area contributed by atoms with E-state index in [1.807, 2.05) is 68.4 Å². The molecular formula is C23H20N4O2S. The third-order valence-electron chi connectivity index (χ3n) is 4.62. The summed E-state index contributed by atoms with van der Waals surface area (Å²) in [4.78, 5) is 30.4. The number of nitrogens with one attached hydrogen (secondary N) is 1. The first kappa shape index (κ1) is 19.7. The van der Waals surface area contributed by atoms with Crippen LogP contribution in [0.2, 0.25) is 0 Å². The van der Waals surface area contributed by atoms with Crippen molar-refractivity contribution in [3.05, 3.63) is 98.8 Å². The maximum absolute atomic E-state index is 12.7. The number of benzene rings is 2. The van der Waals surface area contributed by atoms with Crippen LogP contribution in [-0.2, 0) is 6.54 Å². The summed E-state index contributed by atoms with van der Waals surface area (Å²) in [5.74, 6) is -0.402. The molecule has 150 valence electrons. The highest BCUT2D eigenvalue weighted by atomic mass is 32.1. The molecule has 0 bridgehead atoms. The number of aromatic nitrogens is 3. The van der Waals surface area contributed by atoms with Gasteiger partial charge in [0.15, 0.2) is 5.13 Å². The van der Waals surface area contributed by atoms with Gasteiger partial charge in [0.1, 0.15) is 5.69 Å². The third kappa shape index (κ3) is 4.36.